The number of benzene rings is 1. The third-order valence-corrected chi connectivity index (χ3v) is 3.03. The maximum atomic E-state index is 13.5. The minimum absolute atomic E-state index is 0.246. The van der Waals surface area contributed by atoms with Crippen LogP contribution in [0.5, 0.6) is 5.88 Å². The third kappa shape index (κ3) is 3.54. The van der Waals surface area contributed by atoms with Crippen LogP contribution in [0.2, 0.25) is 0 Å². The molecule has 0 unspecified atom stereocenters. The van der Waals surface area contributed by atoms with Gasteiger partial charge in [0.25, 0.3) is 0 Å². The van der Waals surface area contributed by atoms with Crippen molar-refractivity contribution in [3.8, 4) is 17.0 Å². The number of pyridine rings is 1. The SMILES string of the molecule is COc1cc(-c2cc(F)ccc2CNC(C)C)ccn1. The molecule has 0 spiro atoms. The van der Waals surface area contributed by atoms with Gasteiger partial charge in [0.1, 0.15) is 5.82 Å². The van der Waals surface area contributed by atoms with E-state index in [1.54, 1.807) is 19.4 Å². The summed E-state index contributed by atoms with van der Waals surface area (Å²) in [5.74, 6) is 0.276. The van der Waals surface area contributed by atoms with Crippen molar-refractivity contribution in [2.24, 2.45) is 0 Å². The first-order valence-electron chi connectivity index (χ1n) is 6.62. The molecule has 0 saturated carbocycles. The van der Waals surface area contributed by atoms with E-state index in [0.29, 0.717) is 18.5 Å². The van der Waals surface area contributed by atoms with Crippen molar-refractivity contribution in [3.63, 3.8) is 0 Å². The van der Waals surface area contributed by atoms with Crippen LogP contribution in [0.4, 0.5) is 4.39 Å². The number of hydrogen-bond donors (Lipinski definition) is 1. The molecule has 2 aromatic rings. The molecule has 0 radical (unpaired) electrons. The van der Waals surface area contributed by atoms with Crippen molar-refractivity contribution in [3.05, 3.63) is 47.9 Å². The highest BCUT2D eigenvalue weighted by Crippen LogP contribution is 2.26. The molecule has 3 nitrogen and oxygen atoms in total. The molecule has 1 N–H and O–H groups in total. The van der Waals surface area contributed by atoms with Crippen LogP contribution in [0, 0.1) is 5.82 Å². The van der Waals surface area contributed by atoms with E-state index in [0.717, 1.165) is 16.7 Å². The summed E-state index contributed by atoms with van der Waals surface area (Å²) in [5.41, 5.74) is 2.81. The van der Waals surface area contributed by atoms with Gasteiger partial charge in [0.15, 0.2) is 0 Å². The van der Waals surface area contributed by atoms with Crippen LogP contribution < -0.4 is 10.1 Å². The Bertz CT molecular complexity index is 584. The maximum absolute atomic E-state index is 13.5. The molecule has 20 heavy (non-hydrogen) atoms. The van der Waals surface area contributed by atoms with E-state index in [9.17, 15) is 4.39 Å². The Morgan fingerprint density at radius 2 is 2.05 bits per heavy atom. The lowest BCUT2D eigenvalue weighted by Gasteiger charge is -2.13. The van der Waals surface area contributed by atoms with Gasteiger partial charge < -0.3 is 10.1 Å². The quantitative estimate of drug-likeness (QED) is 0.907. The Morgan fingerprint density at radius 3 is 2.75 bits per heavy atom. The van der Waals surface area contributed by atoms with Crippen molar-refractivity contribution in [2.45, 2.75) is 26.4 Å². The molecule has 0 aliphatic carbocycles. The first-order valence-corrected chi connectivity index (χ1v) is 6.62. The number of halogens is 1. The molecule has 0 atom stereocenters. The zero-order chi connectivity index (χ0) is 14.5. The highest BCUT2D eigenvalue weighted by atomic mass is 19.1. The number of nitrogens with one attached hydrogen (secondary N) is 1. The Hall–Kier alpha value is -1.94. The van der Waals surface area contributed by atoms with Crippen LogP contribution in [0.1, 0.15) is 19.4 Å². The molecular formula is C16H19FN2O. The van der Waals surface area contributed by atoms with Crippen LogP contribution in [0.15, 0.2) is 36.5 Å². The van der Waals surface area contributed by atoms with Crippen molar-refractivity contribution in [1.82, 2.24) is 10.3 Å². The fraction of sp³-hybridized carbons (Fsp3) is 0.312. The molecular weight excluding hydrogens is 255 g/mol. The molecule has 0 fully saturated rings. The van der Waals surface area contributed by atoms with Gasteiger partial charge in [0.2, 0.25) is 5.88 Å². The van der Waals surface area contributed by atoms with Gasteiger partial charge in [0.05, 0.1) is 7.11 Å². The lowest BCUT2D eigenvalue weighted by Crippen LogP contribution is -2.22. The standard InChI is InChI=1S/C16H19FN2O/c1-11(2)19-10-13-4-5-14(17)9-15(13)12-6-7-18-16(8-12)20-3/h4-9,11,19H,10H2,1-3H3. The van der Waals surface area contributed by atoms with Crippen LogP contribution in [0.25, 0.3) is 11.1 Å². The molecule has 1 aromatic carbocycles. The van der Waals surface area contributed by atoms with Crippen molar-refractivity contribution >= 4 is 0 Å². The minimum atomic E-state index is -0.246. The summed E-state index contributed by atoms with van der Waals surface area (Å²) in [4.78, 5) is 4.08. The molecule has 0 aliphatic rings. The van der Waals surface area contributed by atoms with E-state index in [1.807, 2.05) is 18.2 Å². The lowest BCUT2D eigenvalue weighted by molar-refractivity contribution is 0.398. The van der Waals surface area contributed by atoms with E-state index in [2.05, 4.69) is 24.1 Å². The average Bonchev–Trinajstić information content (AvgIpc) is 2.46. The Balaban J connectivity index is 2.39. The summed E-state index contributed by atoms with van der Waals surface area (Å²) in [7, 11) is 1.57. The number of methoxy groups -OCH3 is 1. The number of hydrogen-bond acceptors (Lipinski definition) is 3. The highest BCUT2D eigenvalue weighted by molar-refractivity contribution is 5.68. The number of nitrogens with zero attached hydrogens (tertiary/aromatic N) is 1. The zero-order valence-electron chi connectivity index (χ0n) is 12.0. The van der Waals surface area contributed by atoms with Crippen LogP contribution in [-0.2, 0) is 6.54 Å². The fourth-order valence-corrected chi connectivity index (χ4v) is 1.97. The largest absolute Gasteiger partial charge is 0.481 e. The number of ether oxygens (including phenoxy) is 1. The lowest BCUT2D eigenvalue weighted by atomic mass is 10.00. The first-order chi connectivity index (χ1) is 9.60. The number of rotatable bonds is 5. The first kappa shape index (κ1) is 14.5. The summed E-state index contributed by atoms with van der Waals surface area (Å²) in [6, 6.07) is 8.89. The van der Waals surface area contributed by atoms with Crippen molar-refractivity contribution in [1.29, 1.82) is 0 Å². The minimum Gasteiger partial charge on any atom is -0.481 e. The van der Waals surface area contributed by atoms with Crippen molar-refractivity contribution < 1.29 is 9.13 Å². The molecule has 0 aliphatic heterocycles. The topological polar surface area (TPSA) is 34.1 Å². The van der Waals surface area contributed by atoms with Crippen LogP contribution in [-0.4, -0.2) is 18.1 Å². The molecule has 2 rings (SSSR count). The smallest absolute Gasteiger partial charge is 0.213 e. The molecule has 1 aromatic heterocycles. The molecule has 0 amide bonds. The van der Waals surface area contributed by atoms with Gasteiger partial charge in [-0.15, -0.1) is 0 Å². The fourth-order valence-electron chi connectivity index (χ4n) is 1.97. The van der Waals surface area contributed by atoms with Crippen molar-refractivity contribution in [2.75, 3.05) is 7.11 Å². The predicted octanol–water partition coefficient (Wildman–Crippen LogP) is 3.39. The third-order valence-electron chi connectivity index (χ3n) is 3.03. The van der Waals surface area contributed by atoms with Crippen LogP contribution in [0.3, 0.4) is 0 Å². The van der Waals surface area contributed by atoms with E-state index in [1.165, 1.54) is 6.07 Å². The van der Waals surface area contributed by atoms with Gasteiger partial charge in [-0.05, 0) is 34.9 Å². The van der Waals surface area contributed by atoms with E-state index < -0.39 is 0 Å². The van der Waals surface area contributed by atoms with Crippen LogP contribution >= 0.6 is 0 Å². The highest BCUT2D eigenvalue weighted by Gasteiger charge is 2.08. The Kier molecular flexibility index (Phi) is 4.69. The Labute approximate surface area is 118 Å². The second kappa shape index (κ2) is 6.48. The molecule has 106 valence electrons. The van der Waals surface area contributed by atoms with Gasteiger partial charge in [-0.25, -0.2) is 9.37 Å². The number of aromatic nitrogens is 1. The summed E-state index contributed by atoms with van der Waals surface area (Å²) in [5, 5.41) is 3.35. The molecule has 0 bridgehead atoms. The van der Waals surface area contributed by atoms with Gasteiger partial charge in [-0.3, -0.25) is 0 Å². The van der Waals surface area contributed by atoms with Gasteiger partial charge >= 0.3 is 0 Å². The average molecular weight is 274 g/mol. The second-order valence-corrected chi connectivity index (χ2v) is 4.92. The maximum Gasteiger partial charge on any atom is 0.213 e. The second-order valence-electron chi connectivity index (χ2n) is 4.92. The van der Waals surface area contributed by atoms with E-state index in [-0.39, 0.29) is 5.82 Å². The summed E-state index contributed by atoms with van der Waals surface area (Å²) in [6.07, 6.45) is 1.67. The van der Waals surface area contributed by atoms with E-state index >= 15 is 0 Å². The molecule has 0 saturated heterocycles. The summed E-state index contributed by atoms with van der Waals surface area (Å²) in [6.45, 7) is 4.86. The Morgan fingerprint density at radius 1 is 1.25 bits per heavy atom. The molecule has 4 heteroatoms. The zero-order valence-corrected chi connectivity index (χ0v) is 12.0. The van der Waals surface area contributed by atoms with Gasteiger partial charge in [-0.1, -0.05) is 19.9 Å². The predicted molar refractivity (Wildman–Crippen MR) is 78.2 cm³/mol. The molecule has 1 heterocycles. The summed E-state index contributed by atoms with van der Waals surface area (Å²) >= 11 is 0. The van der Waals surface area contributed by atoms with E-state index in [4.69, 9.17) is 4.74 Å². The summed E-state index contributed by atoms with van der Waals surface area (Å²) < 4.78 is 18.7. The monoisotopic (exact) mass is 274 g/mol. The van der Waals surface area contributed by atoms with Gasteiger partial charge in [0, 0.05) is 24.8 Å². The normalized spacial score (nSPS) is 10.8. The van der Waals surface area contributed by atoms with Gasteiger partial charge in [-0.2, -0.15) is 0 Å².